The first-order chi connectivity index (χ1) is 10.7. The van der Waals surface area contributed by atoms with Gasteiger partial charge in [-0.15, -0.1) is 11.3 Å². The van der Waals surface area contributed by atoms with Crippen LogP contribution in [0.5, 0.6) is 0 Å². The van der Waals surface area contributed by atoms with Gasteiger partial charge in [0, 0.05) is 4.88 Å². The van der Waals surface area contributed by atoms with E-state index in [1.807, 2.05) is 11.3 Å². The summed E-state index contributed by atoms with van der Waals surface area (Å²) in [5.41, 5.74) is 0. The summed E-state index contributed by atoms with van der Waals surface area (Å²) in [4.78, 5) is 1.38. The van der Waals surface area contributed by atoms with E-state index >= 15 is 0 Å². The standard InChI is InChI=1S/C19H35BrOSSi/c1-7-8-9-10-11-12-13-16(17-14-15-18(20)22-17)21-23(5,6)19(2,3)4/h14-16H,7-13H2,1-6H3. The molecule has 0 N–H and O–H groups in total. The second kappa shape index (κ2) is 9.74. The molecule has 1 aromatic rings. The van der Waals surface area contributed by atoms with Gasteiger partial charge in [0.05, 0.1) is 9.89 Å². The fraction of sp³-hybridized carbons (Fsp3) is 0.789. The van der Waals surface area contributed by atoms with Crippen molar-refractivity contribution in [2.75, 3.05) is 0 Å². The molecule has 1 aromatic heterocycles. The largest absolute Gasteiger partial charge is 0.409 e. The summed E-state index contributed by atoms with van der Waals surface area (Å²) < 4.78 is 7.97. The van der Waals surface area contributed by atoms with Crippen LogP contribution in [0, 0.1) is 0 Å². The van der Waals surface area contributed by atoms with Gasteiger partial charge in [0.25, 0.3) is 0 Å². The van der Waals surface area contributed by atoms with E-state index in [0.717, 1.165) is 6.42 Å². The van der Waals surface area contributed by atoms with Crippen LogP contribution in [-0.2, 0) is 4.43 Å². The van der Waals surface area contributed by atoms with Crippen LogP contribution in [0.4, 0.5) is 0 Å². The number of unbranched alkanes of at least 4 members (excludes halogenated alkanes) is 5. The van der Waals surface area contributed by atoms with Crippen molar-refractivity contribution >= 4 is 35.6 Å². The van der Waals surface area contributed by atoms with Gasteiger partial charge in [-0.1, -0.05) is 66.2 Å². The molecular weight excluding hydrogens is 384 g/mol. The highest BCUT2D eigenvalue weighted by Gasteiger charge is 2.39. The van der Waals surface area contributed by atoms with E-state index in [-0.39, 0.29) is 11.1 Å². The van der Waals surface area contributed by atoms with E-state index < -0.39 is 8.32 Å². The van der Waals surface area contributed by atoms with Gasteiger partial charge in [-0.05, 0) is 52.6 Å². The first-order valence-electron chi connectivity index (χ1n) is 9.10. The zero-order valence-corrected chi connectivity index (χ0v) is 19.3. The van der Waals surface area contributed by atoms with Gasteiger partial charge in [-0.25, -0.2) is 0 Å². The van der Waals surface area contributed by atoms with Crippen molar-refractivity contribution in [2.45, 2.75) is 96.9 Å². The minimum Gasteiger partial charge on any atom is -0.409 e. The van der Waals surface area contributed by atoms with Gasteiger partial charge in [-0.3, -0.25) is 0 Å². The van der Waals surface area contributed by atoms with Crippen molar-refractivity contribution in [2.24, 2.45) is 0 Å². The molecule has 0 fully saturated rings. The fourth-order valence-corrected chi connectivity index (χ4v) is 5.29. The lowest BCUT2D eigenvalue weighted by Gasteiger charge is -2.39. The third-order valence-corrected chi connectivity index (χ3v) is 11.2. The molecule has 4 heteroatoms. The zero-order valence-electron chi connectivity index (χ0n) is 15.9. The van der Waals surface area contributed by atoms with Gasteiger partial charge in [0.15, 0.2) is 8.32 Å². The Hall–Kier alpha value is 0.357. The Bertz CT molecular complexity index is 450. The first kappa shape index (κ1) is 21.4. The Balaban J connectivity index is 2.64. The summed E-state index contributed by atoms with van der Waals surface area (Å²) in [6.45, 7) is 14.0. The molecule has 1 heterocycles. The molecule has 0 bridgehead atoms. The molecule has 0 saturated carbocycles. The predicted molar refractivity (Wildman–Crippen MR) is 111 cm³/mol. The molecule has 1 unspecified atom stereocenters. The minimum absolute atomic E-state index is 0.265. The van der Waals surface area contributed by atoms with Crippen molar-refractivity contribution in [3.05, 3.63) is 20.8 Å². The highest BCUT2D eigenvalue weighted by molar-refractivity contribution is 9.11. The van der Waals surface area contributed by atoms with Crippen LogP contribution in [0.2, 0.25) is 18.1 Å². The maximum absolute atomic E-state index is 6.76. The van der Waals surface area contributed by atoms with Gasteiger partial charge in [-0.2, -0.15) is 0 Å². The van der Waals surface area contributed by atoms with Crippen molar-refractivity contribution in [3.63, 3.8) is 0 Å². The van der Waals surface area contributed by atoms with Crippen LogP contribution >= 0.6 is 27.3 Å². The minimum atomic E-state index is -1.73. The summed E-state index contributed by atoms with van der Waals surface area (Å²) in [6.07, 6.45) is 9.50. The summed E-state index contributed by atoms with van der Waals surface area (Å²) in [6, 6.07) is 4.40. The highest BCUT2D eigenvalue weighted by Crippen LogP contribution is 2.42. The van der Waals surface area contributed by atoms with Crippen LogP contribution in [0.25, 0.3) is 0 Å². The Kier molecular flexibility index (Phi) is 9.06. The third kappa shape index (κ3) is 7.41. The molecule has 0 saturated heterocycles. The van der Waals surface area contributed by atoms with E-state index in [0.29, 0.717) is 0 Å². The van der Waals surface area contributed by atoms with Gasteiger partial charge < -0.3 is 4.43 Å². The van der Waals surface area contributed by atoms with Crippen molar-refractivity contribution < 1.29 is 4.43 Å². The first-order valence-corrected chi connectivity index (χ1v) is 13.6. The Morgan fingerprint density at radius 2 is 1.70 bits per heavy atom. The van der Waals surface area contributed by atoms with E-state index in [1.165, 1.54) is 47.2 Å². The SMILES string of the molecule is CCCCCCCCC(O[Si](C)(C)C(C)(C)C)c1ccc(Br)s1. The molecule has 0 aliphatic rings. The monoisotopic (exact) mass is 418 g/mol. The van der Waals surface area contributed by atoms with Gasteiger partial charge in [0.1, 0.15) is 0 Å². The topological polar surface area (TPSA) is 9.23 Å². The lowest BCUT2D eigenvalue weighted by Crippen LogP contribution is -2.41. The maximum Gasteiger partial charge on any atom is 0.192 e. The molecule has 134 valence electrons. The van der Waals surface area contributed by atoms with Crippen LogP contribution in [-0.4, -0.2) is 8.32 Å². The quantitative estimate of drug-likeness (QED) is 0.274. The molecule has 1 atom stereocenters. The Labute approximate surface area is 157 Å². The lowest BCUT2D eigenvalue weighted by atomic mass is 10.1. The van der Waals surface area contributed by atoms with Crippen LogP contribution < -0.4 is 0 Å². The van der Waals surface area contributed by atoms with E-state index in [1.54, 1.807) is 0 Å². The number of hydrogen-bond donors (Lipinski definition) is 0. The molecule has 1 rings (SSSR count). The molecule has 1 nitrogen and oxygen atoms in total. The lowest BCUT2D eigenvalue weighted by molar-refractivity contribution is 0.173. The highest BCUT2D eigenvalue weighted by atomic mass is 79.9. The van der Waals surface area contributed by atoms with Gasteiger partial charge in [0.2, 0.25) is 0 Å². The van der Waals surface area contributed by atoms with Gasteiger partial charge >= 0.3 is 0 Å². The molecule has 23 heavy (non-hydrogen) atoms. The maximum atomic E-state index is 6.76. The van der Waals surface area contributed by atoms with E-state index in [4.69, 9.17) is 4.43 Å². The third-order valence-electron chi connectivity index (χ3n) is 4.97. The van der Waals surface area contributed by atoms with Crippen LogP contribution in [0.3, 0.4) is 0 Å². The molecular formula is C19H35BrOSSi. The molecule has 0 aliphatic carbocycles. The molecule has 0 aliphatic heterocycles. The molecule has 0 radical (unpaired) electrons. The number of rotatable bonds is 10. The number of halogens is 1. The van der Waals surface area contributed by atoms with E-state index in [2.05, 4.69) is 68.9 Å². The Morgan fingerprint density at radius 1 is 1.09 bits per heavy atom. The molecule has 0 amide bonds. The average molecular weight is 420 g/mol. The smallest absolute Gasteiger partial charge is 0.192 e. The second-order valence-electron chi connectivity index (χ2n) is 8.07. The van der Waals surface area contributed by atoms with Crippen LogP contribution in [0.1, 0.15) is 83.6 Å². The Morgan fingerprint density at radius 3 is 2.22 bits per heavy atom. The fourth-order valence-electron chi connectivity index (χ4n) is 2.40. The normalized spacial score (nSPS) is 14.2. The van der Waals surface area contributed by atoms with E-state index in [9.17, 15) is 0 Å². The van der Waals surface area contributed by atoms with Crippen molar-refractivity contribution in [1.82, 2.24) is 0 Å². The average Bonchev–Trinajstić information content (AvgIpc) is 2.86. The number of hydrogen-bond acceptors (Lipinski definition) is 2. The molecule has 0 spiro atoms. The van der Waals surface area contributed by atoms with Crippen LogP contribution in [0.15, 0.2) is 15.9 Å². The second-order valence-corrected chi connectivity index (χ2v) is 15.3. The van der Waals surface area contributed by atoms with Crippen molar-refractivity contribution in [1.29, 1.82) is 0 Å². The zero-order chi connectivity index (χ0) is 17.5. The summed E-state index contributed by atoms with van der Waals surface area (Å²) in [7, 11) is -1.73. The van der Waals surface area contributed by atoms with Crippen molar-refractivity contribution in [3.8, 4) is 0 Å². The molecule has 0 aromatic carbocycles. The summed E-state index contributed by atoms with van der Waals surface area (Å²) >= 11 is 5.44. The summed E-state index contributed by atoms with van der Waals surface area (Å²) in [5, 5.41) is 0.265. The summed E-state index contributed by atoms with van der Waals surface area (Å²) in [5.74, 6) is 0. The number of thiophene rings is 1. The predicted octanol–water partition coefficient (Wildman–Crippen LogP) is 8.32.